The lowest BCUT2D eigenvalue weighted by molar-refractivity contribution is 0.897. The van der Waals surface area contributed by atoms with Gasteiger partial charge < -0.3 is 10.3 Å². The molecule has 0 saturated carbocycles. The van der Waals surface area contributed by atoms with Crippen LogP contribution in [0, 0.1) is 0 Å². The fourth-order valence-electron chi connectivity index (χ4n) is 2.25. The van der Waals surface area contributed by atoms with E-state index in [1.165, 1.54) is 17.7 Å². The molecule has 2 aromatic heterocycles. The summed E-state index contributed by atoms with van der Waals surface area (Å²) in [6, 6.07) is 0. The third-order valence-electron chi connectivity index (χ3n) is 3.08. The van der Waals surface area contributed by atoms with Crippen molar-refractivity contribution in [2.45, 2.75) is 25.7 Å². The van der Waals surface area contributed by atoms with E-state index in [0.717, 1.165) is 37.4 Å². The SMILES string of the molecule is c1c[nH]c(CCNc2ncnc3c2CCC3)n1. The molecule has 2 N–H and O–H groups in total. The Labute approximate surface area is 99.7 Å². The number of fused-ring (bicyclic) bond motifs is 1. The van der Waals surface area contributed by atoms with E-state index in [2.05, 4.69) is 25.3 Å². The molecule has 5 heteroatoms. The van der Waals surface area contributed by atoms with Crippen molar-refractivity contribution in [1.29, 1.82) is 0 Å². The summed E-state index contributed by atoms with van der Waals surface area (Å²) in [4.78, 5) is 15.9. The number of aromatic nitrogens is 4. The van der Waals surface area contributed by atoms with Gasteiger partial charge in [-0.05, 0) is 19.3 Å². The molecule has 0 bridgehead atoms. The van der Waals surface area contributed by atoms with Gasteiger partial charge in [-0.15, -0.1) is 0 Å². The standard InChI is InChI=1S/C12H15N5/c1-2-9-10(3-1)16-8-17-12(9)15-5-4-11-13-6-7-14-11/h6-8H,1-5H2,(H,13,14)(H,15,16,17). The molecule has 0 radical (unpaired) electrons. The summed E-state index contributed by atoms with van der Waals surface area (Å²) < 4.78 is 0. The Bertz CT molecular complexity index is 492. The highest BCUT2D eigenvalue weighted by Crippen LogP contribution is 2.24. The van der Waals surface area contributed by atoms with E-state index < -0.39 is 0 Å². The molecule has 1 aliphatic rings. The number of hydrogen-bond acceptors (Lipinski definition) is 4. The summed E-state index contributed by atoms with van der Waals surface area (Å²) in [5.41, 5.74) is 2.51. The lowest BCUT2D eigenvalue weighted by Crippen LogP contribution is -2.09. The molecule has 0 aliphatic heterocycles. The smallest absolute Gasteiger partial charge is 0.132 e. The van der Waals surface area contributed by atoms with Crippen LogP contribution in [0.4, 0.5) is 5.82 Å². The average Bonchev–Trinajstić information content (AvgIpc) is 2.99. The summed E-state index contributed by atoms with van der Waals surface area (Å²) in [7, 11) is 0. The fraction of sp³-hybridized carbons (Fsp3) is 0.417. The molecule has 2 heterocycles. The van der Waals surface area contributed by atoms with Gasteiger partial charge in [0.15, 0.2) is 0 Å². The van der Waals surface area contributed by atoms with E-state index in [0.29, 0.717) is 0 Å². The van der Waals surface area contributed by atoms with Crippen LogP contribution in [-0.4, -0.2) is 26.5 Å². The molecule has 3 rings (SSSR count). The van der Waals surface area contributed by atoms with E-state index in [9.17, 15) is 0 Å². The molecule has 0 spiro atoms. The van der Waals surface area contributed by atoms with Gasteiger partial charge in [0.25, 0.3) is 0 Å². The number of aryl methyl sites for hydroxylation is 1. The molecule has 2 aromatic rings. The van der Waals surface area contributed by atoms with Crippen LogP contribution in [-0.2, 0) is 19.3 Å². The number of rotatable bonds is 4. The van der Waals surface area contributed by atoms with Crippen molar-refractivity contribution >= 4 is 5.82 Å². The molecular formula is C12H15N5. The second-order valence-electron chi connectivity index (χ2n) is 4.21. The highest BCUT2D eigenvalue weighted by Gasteiger charge is 2.16. The lowest BCUT2D eigenvalue weighted by Gasteiger charge is -2.08. The highest BCUT2D eigenvalue weighted by molar-refractivity contribution is 5.47. The zero-order chi connectivity index (χ0) is 11.5. The molecule has 88 valence electrons. The molecule has 0 aromatic carbocycles. The zero-order valence-electron chi connectivity index (χ0n) is 9.61. The number of anilines is 1. The van der Waals surface area contributed by atoms with E-state index in [1.807, 2.05) is 6.20 Å². The van der Waals surface area contributed by atoms with Crippen molar-refractivity contribution in [3.8, 4) is 0 Å². The Morgan fingerprint density at radius 2 is 2.24 bits per heavy atom. The van der Waals surface area contributed by atoms with Crippen LogP contribution in [0.3, 0.4) is 0 Å². The van der Waals surface area contributed by atoms with Crippen molar-refractivity contribution in [1.82, 2.24) is 19.9 Å². The van der Waals surface area contributed by atoms with E-state index in [4.69, 9.17) is 0 Å². The number of aromatic amines is 1. The van der Waals surface area contributed by atoms with Gasteiger partial charge in [0, 0.05) is 36.6 Å². The second-order valence-corrected chi connectivity index (χ2v) is 4.21. The largest absolute Gasteiger partial charge is 0.369 e. The molecule has 5 nitrogen and oxygen atoms in total. The summed E-state index contributed by atoms with van der Waals surface area (Å²) in [6.45, 7) is 0.844. The van der Waals surface area contributed by atoms with Crippen molar-refractivity contribution in [2.24, 2.45) is 0 Å². The van der Waals surface area contributed by atoms with Gasteiger partial charge in [-0.25, -0.2) is 15.0 Å². The van der Waals surface area contributed by atoms with Gasteiger partial charge in [0.05, 0.1) is 0 Å². The molecule has 0 saturated heterocycles. The number of nitrogens with zero attached hydrogens (tertiary/aromatic N) is 3. The van der Waals surface area contributed by atoms with Gasteiger partial charge >= 0.3 is 0 Å². The maximum Gasteiger partial charge on any atom is 0.132 e. The molecule has 0 unspecified atom stereocenters. The first kappa shape index (κ1) is 10.3. The molecule has 0 atom stereocenters. The average molecular weight is 229 g/mol. The topological polar surface area (TPSA) is 66.5 Å². The minimum absolute atomic E-state index is 0.844. The monoisotopic (exact) mass is 229 g/mol. The van der Waals surface area contributed by atoms with Crippen molar-refractivity contribution in [3.05, 3.63) is 35.8 Å². The first-order chi connectivity index (χ1) is 8.43. The predicted octanol–water partition coefficient (Wildman–Crippen LogP) is 1.34. The quantitative estimate of drug-likeness (QED) is 0.830. The molecule has 0 amide bonds. The van der Waals surface area contributed by atoms with Crippen LogP contribution in [0.25, 0.3) is 0 Å². The zero-order valence-corrected chi connectivity index (χ0v) is 9.61. The summed E-state index contributed by atoms with van der Waals surface area (Å²) >= 11 is 0. The number of imidazole rings is 1. The summed E-state index contributed by atoms with van der Waals surface area (Å²) in [5.74, 6) is 2.00. The third-order valence-corrected chi connectivity index (χ3v) is 3.08. The molecule has 1 aliphatic carbocycles. The first-order valence-corrected chi connectivity index (χ1v) is 5.98. The van der Waals surface area contributed by atoms with E-state index in [-0.39, 0.29) is 0 Å². The van der Waals surface area contributed by atoms with E-state index >= 15 is 0 Å². The van der Waals surface area contributed by atoms with Gasteiger partial charge in [-0.2, -0.15) is 0 Å². The van der Waals surface area contributed by atoms with Crippen LogP contribution in [0.5, 0.6) is 0 Å². The van der Waals surface area contributed by atoms with Crippen molar-refractivity contribution in [2.75, 3.05) is 11.9 Å². The minimum Gasteiger partial charge on any atom is -0.369 e. The Kier molecular flexibility index (Phi) is 2.73. The number of H-pyrrole nitrogens is 1. The predicted molar refractivity (Wildman–Crippen MR) is 64.8 cm³/mol. The van der Waals surface area contributed by atoms with Crippen molar-refractivity contribution < 1.29 is 0 Å². The Morgan fingerprint density at radius 3 is 3.12 bits per heavy atom. The molecule has 0 fully saturated rings. The Hall–Kier alpha value is -1.91. The summed E-state index contributed by atoms with van der Waals surface area (Å²) in [6.07, 6.45) is 9.53. The normalized spacial score (nSPS) is 13.6. The van der Waals surface area contributed by atoms with E-state index in [1.54, 1.807) is 12.5 Å². The number of nitrogens with one attached hydrogen (secondary N) is 2. The van der Waals surface area contributed by atoms with Gasteiger partial charge in [0.2, 0.25) is 0 Å². The Morgan fingerprint density at radius 1 is 1.24 bits per heavy atom. The fourth-order valence-corrected chi connectivity index (χ4v) is 2.25. The minimum atomic E-state index is 0.844. The van der Waals surface area contributed by atoms with Crippen LogP contribution < -0.4 is 5.32 Å². The Balaban J connectivity index is 1.64. The van der Waals surface area contributed by atoms with Gasteiger partial charge in [-0.1, -0.05) is 0 Å². The van der Waals surface area contributed by atoms with Gasteiger partial charge in [-0.3, -0.25) is 0 Å². The van der Waals surface area contributed by atoms with Gasteiger partial charge in [0.1, 0.15) is 18.0 Å². The van der Waals surface area contributed by atoms with Crippen LogP contribution in [0.2, 0.25) is 0 Å². The summed E-state index contributed by atoms with van der Waals surface area (Å²) in [5, 5.41) is 3.37. The molecule has 17 heavy (non-hydrogen) atoms. The molecular weight excluding hydrogens is 214 g/mol. The maximum atomic E-state index is 4.32. The highest BCUT2D eigenvalue weighted by atomic mass is 15.0. The maximum absolute atomic E-state index is 4.32. The van der Waals surface area contributed by atoms with Crippen LogP contribution in [0.15, 0.2) is 18.7 Å². The third kappa shape index (κ3) is 2.13. The van der Waals surface area contributed by atoms with Crippen LogP contribution in [0.1, 0.15) is 23.5 Å². The lowest BCUT2D eigenvalue weighted by atomic mass is 10.2. The van der Waals surface area contributed by atoms with Crippen molar-refractivity contribution in [3.63, 3.8) is 0 Å². The number of hydrogen-bond donors (Lipinski definition) is 2. The first-order valence-electron chi connectivity index (χ1n) is 5.98. The second kappa shape index (κ2) is 4.53. The van der Waals surface area contributed by atoms with Crippen LogP contribution >= 0.6 is 0 Å².